The molecule has 0 aromatic rings. The van der Waals surface area contributed by atoms with Gasteiger partial charge in [0.1, 0.15) is 0 Å². The monoisotopic (exact) mass is 489 g/mol. The average Bonchev–Trinajstić information content (AvgIpc) is 2.78. The predicted octanol–water partition coefficient (Wildman–Crippen LogP) is 6.15. The molecular weight excluding hydrogens is 430 g/mol. The Bertz CT molecular complexity index is 623. The Labute approximate surface area is 218 Å². The van der Waals surface area contributed by atoms with Crippen LogP contribution >= 0.6 is 0 Å². The summed E-state index contributed by atoms with van der Waals surface area (Å²) in [5.41, 5.74) is 0.761. The molecule has 0 radical (unpaired) electrons. The minimum atomic E-state index is 0.304. The zero-order valence-electron chi connectivity index (χ0n) is 24.5. The van der Waals surface area contributed by atoms with Crippen LogP contribution in [0.25, 0.3) is 0 Å². The summed E-state index contributed by atoms with van der Waals surface area (Å²) in [6, 6.07) is 0. The molecule has 35 heavy (non-hydrogen) atoms. The van der Waals surface area contributed by atoms with Gasteiger partial charge in [-0.15, -0.1) is 0 Å². The van der Waals surface area contributed by atoms with Gasteiger partial charge in [0.25, 0.3) is 0 Å². The molecule has 1 atom stereocenters. The first kappa shape index (κ1) is 27.9. The van der Waals surface area contributed by atoms with Gasteiger partial charge in [0, 0.05) is 44.8 Å². The minimum Gasteiger partial charge on any atom is -0.375 e. The molecule has 0 aromatic carbocycles. The van der Waals surface area contributed by atoms with Crippen LogP contribution in [-0.2, 0) is 4.74 Å². The molecule has 0 amide bonds. The molecule has 4 heteroatoms. The maximum atomic E-state index is 6.57. The van der Waals surface area contributed by atoms with Crippen LogP contribution < -0.4 is 0 Å². The number of hydrogen-bond donors (Lipinski definition) is 0. The number of likely N-dealkylation sites (tertiary alicyclic amines) is 3. The fraction of sp³-hybridized carbons (Fsp3) is 1.00. The van der Waals surface area contributed by atoms with Gasteiger partial charge in [-0.1, -0.05) is 27.7 Å². The Morgan fingerprint density at radius 3 is 1.51 bits per heavy atom. The molecule has 0 N–H and O–H groups in total. The minimum absolute atomic E-state index is 0.304. The Balaban J connectivity index is 1.05. The molecule has 1 aliphatic carbocycles. The highest BCUT2D eigenvalue weighted by Gasteiger charge is 2.36. The molecule has 0 unspecified atom stereocenters. The number of nitrogens with zero attached hydrogens (tertiary/aromatic N) is 3. The lowest BCUT2D eigenvalue weighted by Crippen LogP contribution is -2.49. The second-order valence-corrected chi connectivity index (χ2v) is 15.0. The van der Waals surface area contributed by atoms with Crippen LogP contribution in [0.3, 0.4) is 0 Å². The topological polar surface area (TPSA) is 19.0 Å². The van der Waals surface area contributed by atoms with Crippen LogP contribution in [0.5, 0.6) is 0 Å². The summed E-state index contributed by atoms with van der Waals surface area (Å²) in [6.45, 7) is 27.1. The van der Waals surface area contributed by atoms with Gasteiger partial charge in [0.05, 0.1) is 12.2 Å². The van der Waals surface area contributed by atoms with E-state index in [4.69, 9.17) is 4.74 Å². The first-order chi connectivity index (χ1) is 16.5. The van der Waals surface area contributed by atoms with Crippen molar-refractivity contribution in [1.29, 1.82) is 0 Å². The van der Waals surface area contributed by atoms with E-state index in [1.54, 1.807) is 0 Å². The maximum absolute atomic E-state index is 6.57. The third-order valence-corrected chi connectivity index (χ3v) is 10.4. The smallest absolute Gasteiger partial charge is 0.0603 e. The molecular formula is C31H59N3O. The maximum Gasteiger partial charge on any atom is 0.0603 e. The Morgan fingerprint density at radius 1 is 0.657 bits per heavy atom. The zero-order chi connectivity index (χ0) is 25.2. The Morgan fingerprint density at radius 2 is 1.09 bits per heavy atom. The van der Waals surface area contributed by atoms with Crippen molar-refractivity contribution in [3.8, 4) is 0 Å². The second-order valence-electron chi connectivity index (χ2n) is 15.0. The summed E-state index contributed by atoms with van der Waals surface area (Å²) in [6.07, 6.45) is 11.7. The third-order valence-electron chi connectivity index (χ3n) is 10.4. The molecule has 4 fully saturated rings. The largest absolute Gasteiger partial charge is 0.375 e. The van der Waals surface area contributed by atoms with E-state index in [1.165, 1.54) is 104 Å². The van der Waals surface area contributed by atoms with Crippen LogP contribution in [0.4, 0.5) is 0 Å². The first-order valence-corrected chi connectivity index (χ1v) is 15.3. The van der Waals surface area contributed by atoms with Crippen molar-refractivity contribution in [1.82, 2.24) is 14.7 Å². The van der Waals surface area contributed by atoms with E-state index >= 15 is 0 Å². The summed E-state index contributed by atoms with van der Waals surface area (Å²) < 4.78 is 6.57. The van der Waals surface area contributed by atoms with Crippen LogP contribution in [-0.4, -0.2) is 84.8 Å². The van der Waals surface area contributed by atoms with Gasteiger partial charge in [-0.3, -0.25) is 4.90 Å². The van der Waals surface area contributed by atoms with Crippen molar-refractivity contribution in [3.05, 3.63) is 0 Å². The molecule has 3 heterocycles. The first-order valence-electron chi connectivity index (χ1n) is 15.3. The lowest BCUT2D eigenvalue weighted by atomic mass is 9.70. The van der Waals surface area contributed by atoms with Crippen molar-refractivity contribution >= 4 is 0 Å². The van der Waals surface area contributed by atoms with Gasteiger partial charge in [-0.25, -0.2) is 0 Å². The lowest BCUT2D eigenvalue weighted by molar-refractivity contribution is -0.0753. The van der Waals surface area contributed by atoms with E-state index in [2.05, 4.69) is 63.2 Å². The molecule has 3 aliphatic heterocycles. The molecule has 204 valence electrons. The molecule has 0 spiro atoms. The van der Waals surface area contributed by atoms with Crippen molar-refractivity contribution < 1.29 is 4.74 Å². The van der Waals surface area contributed by atoms with E-state index in [-0.39, 0.29) is 0 Å². The summed E-state index contributed by atoms with van der Waals surface area (Å²) in [7, 11) is 0. The highest BCUT2D eigenvalue weighted by atomic mass is 16.5. The molecule has 0 aromatic heterocycles. The number of piperidine rings is 3. The quantitative estimate of drug-likeness (QED) is 0.427. The molecule has 0 bridgehead atoms. The summed E-state index contributed by atoms with van der Waals surface area (Å²) in [4.78, 5) is 8.17. The van der Waals surface area contributed by atoms with Crippen LogP contribution in [0.2, 0.25) is 0 Å². The number of rotatable bonds is 7. The fourth-order valence-corrected chi connectivity index (χ4v) is 7.41. The summed E-state index contributed by atoms with van der Waals surface area (Å²) >= 11 is 0. The van der Waals surface area contributed by atoms with Crippen molar-refractivity contribution in [3.63, 3.8) is 0 Å². The van der Waals surface area contributed by atoms with Gasteiger partial charge in [0.15, 0.2) is 0 Å². The van der Waals surface area contributed by atoms with E-state index < -0.39 is 0 Å². The second kappa shape index (κ2) is 11.7. The lowest BCUT2D eigenvalue weighted by Gasteiger charge is -2.45. The molecule has 4 nitrogen and oxygen atoms in total. The molecule has 1 saturated carbocycles. The third kappa shape index (κ3) is 7.91. The van der Waals surface area contributed by atoms with Gasteiger partial charge in [-0.2, -0.15) is 0 Å². The average molecular weight is 490 g/mol. The van der Waals surface area contributed by atoms with Gasteiger partial charge in [0.2, 0.25) is 0 Å². The Hall–Kier alpha value is -0.160. The molecule has 3 saturated heterocycles. The predicted molar refractivity (Wildman–Crippen MR) is 149 cm³/mol. The molecule has 4 aliphatic rings. The highest BCUT2D eigenvalue weighted by molar-refractivity contribution is 4.88. The van der Waals surface area contributed by atoms with Gasteiger partial charge < -0.3 is 14.5 Å². The molecule has 4 rings (SSSR count). The Kier molecular flexibility index (Phi) is 9.32. The summed E-state index contributed by atoms with van der Waals surface area (Å²) in [5.74, 6) is 3.70. The van der Waals surface area contributed by atoms with E-state index in [0.717, 1.165) is 23.7 Å². The highest BCUT2D eigenvalue weighted by Crippen LogP contribution is 2.39. The fourth-order valence-electron chi connectivity index (χ4n) is 7.41. The van der Waals surface area contributed by atoms with E-state index in [1.807, 2.05) is 0 Å². The standard InChI is InChI=1S/C31H59N3O/c1-24(30(2,3)4)27-8-14-32(15-9-27)22-25-20-26(21-25)23-33-16-10-28(11-17-33)35-29-12-18-34(19-13-29)31(5,6)7/h24-29H,8-23H2,1-7H3/t24-,25?,26?/m0/s1. The van der Waals surface area contributed by atoms with E-state index in [0.29, 0.717) is 23.2 Å². The normalized spacial score (nSPS) is 30.9. The zero-order valence-corrected chi connectivity index (χ0v) is 24.5. The van der Waals surface area contributed by atoms with Gasteiger partial charge in [-0.05, 0) is 114 Å². The number of hydrogen-bond acceptors (Lipinski definition) is 4. The van der Waals surface area contributed by atoms with Crippen LogP contribution in [0, 0.1) is 29.1 Å². The van der Waals surface area contributed by atoms with Crippen LogP contribution in [0.15, 0.2) is 0 Å². The van der Waals surface area contributed by atoms with Gasteiger partial charge >= 0.3 is 0 Å². The van der Waals surface area contributed by atoms with Crippen molar-refractivity contribution in [2.45, 2.75) is 118 Å². The van der Waals surface area contributed by atoms with Crippen LogP contribution in [0.1, 0.15) is 99.8 Å². The van der Waals surface area contributed by atoms with Crippen molar-refractivity contribution in [2.75, 3.05) is 52.4 Å². The SMILES string of the molecule is C[C@@H](C1CCN(CC2CC(CN3CCC(OC4CCN(C(C)(C)C)CC4)CC3)C2)CC1)C(C)(C)C. The van der Waals surface area contributed by atoms with Crippen molar-refractivity contribution in [2.24, 2.45) is 29.1 Å². The summed E-state index contributed by atoms with van der Waals surface area (Å²) in [5, 5.41) is 0. The van der Waals surface area contributed by atoms with E-state index in [9.17, 15) is 0 Å². The number of ether oxygens (including phenoxy) is 1.